The lowest BCUT2D eigenvalue weighted by molar-refractivity contribution is 0.786. The highest BCUT2D eigenvalue weighted by molar-refractivity contribution is 7.36. The molecular weight excluding hydrogens is 202 g/mol. The first-order valence-corrected chi connectivity index (χ1v) is 6.06. The highest BCUT2D eigenvalue weighted by atomic mass is 35.5. The van der Waals surface area contributed by atoms with Gasteiger partial charge >= 0.3 is 5.54 Å². The third-order valence-corrected chi connectivity index (χ3v) is 2.62. The fraction of sp³-hybridized carbons (Fsp3) is 0.800. The second-order valence-electron chi connectivity index (χ2n) is 3.33. The summed E-state index contributed by atoms with van der Waals surface area (Å²) >= 11 is 11.7. The smallest absolute Gasteiger partial charge is 0.165 e. The highest BCUT2D eigenvalue weighted by Crippen LogP contribution is 2.18. The lowest BCUT2D eigenvalue weighted by Gasteiger charge is -2.04. The minimum Gasteiger partial charge on any atom is -0.165 e. The van der Waals surface area contributed by atoms with E-state index in [1.807, 2.05) is 0 Å². The van der Waals surface area contributed by atoms with Gasteiger partial charge in [0.2, 0.25) is 0 Å². The Hall–Kier alpha value is 0.385. The maximum absolute atomic E-state index is 5.86. The topological polar surface area (TPSA) is 0 Å². The van der Waals surface area contributed by atoms with Crippen LogP contribution in [-0.4, -0.2) is 5.54 Å². The molecule has 0 nitrogen and oxygen atoms in total. The molecule has 0 heterocycles. The number of hydrogen-bond acceptors (Lipinski definition) is 0. The van der Waals surface area contributed by atoms with Crippen LogP contribution in [0.1, 0.15) is 52.4 Å². The summed E-state index contributed by atoms with van der Waals surface area (Å²) in [5.74, 6) is 0. The normalized spacial score (nSPS) is 11.8. The zero-order chi connectivity index (χ0) is 10.1. The second kappa shape index (κ2) is 8.96. The van der Waals surface area contributed by atoms with Crippen LogP contribution in [-0.2, 0) is 0 Å². The van der Waals surface area contributed by atoms with Crippen molar-refractivity contribution in [2.24, 2.45) is 0 Å². The van der Waals surface area contributed by atoms with Gasteiger partial charge < -0.3 is 0 Å². The van der Waals surface area contributed by atoms with Gasteiger partial charge in [-0.1, -0.05) is 51.1 Å². The Morgan fingerprint density at radius 3 is 2.23 bits per heavy atom. The van der Waals surface area contributed by atoms with Crippen LogP contribution in [0.5, 0.6) is 0 Å². The van der Waals surface area contributed by atoms with Crippen LogP contribution in [0, 0.1) is 0 Å². The van der Waals surface area contributed by atoms with Crippen molar-refractivity contribution in [2.75, 3.05) is 0 Å². The molecule has 0 aliphatic heterocycles. The van der Waals surface area contributed by atoms with Crippen LogP contribution < -0.4 is 0 Å². The highest BCUT2D eigenvalue weighted by Gasteiger charge is 2.11. The van der Waals surface area contributed by atoms with Crippen molar-refractivity contribution in [3.63, 3.8) is 0 Å². The molecule has 0 bridgehead atoms. The van der Waals surface area contributed by atoms with Gasteiger partial charge in [0, 0.05) is 0 Å². The molecule has 0 aromatic carbocycles. The number of hydrogen-bond donors (Lipinski definition) is 0. The monoisotopic (exact) mass is 220 g/mol. The van der Waals surface area contributed by atoms with E-state index in [2.05, 4.69) is 19.9 Å². The van der Waals surface area contributed by atoms with E-state index in [-0.39, 0.29) is 5.54 Å². The van der Waals surface area contributed by atoms with Crippen LogP contribution >= 0.6 is 22.9 Å². The van der Waals surface area contributed by atoms with Gasteiger partial charge in [-0.05, 0) is 12.8 Å². The van der Waals surface area contributed by atoms with Gasteiger partial charge in [-0.3, -0.25) is 0 Å². The van der Waals surface area contributed by atoms with Crippen molar-refractivity contribution in [3.8, 4) is 0 Å². The Morgan fingerprint density at radius 1 is 1.15 bits per heavy atom. The maximum atomic E-state index is 5.86. The predicted octanol–water partition coefficient (Wildman–Crippen LogP) is 4.80. The van der Waals surface area contributed by atoms with Gasteiger partial charge in [-0.25, -0.2) is 0 Å². The predicted molar refractivity (Wildman–Crippen MR) is 64.6 cm³/mol. The van der Waals surface area contributed by atoms with Gasteiger partial charge in [0.1, 0.15) is 0 Å². The van der Waals surface area contributed by atoms with Crippen LogP contribution in [0.3, 0.4) is 0 Å². The standard InChI is InChI=1S/C10H19BCl2/c1-3-5-7-9-10(11(12)13)8-6-4-2/h9H,3-8H2,1-2H3. The molecule has 0 saturated carbocycles. The zero-order valence-corrected chi connectivity index (χ0v) is 10.2. The SMILES string of the molecule is CCCCC=C(CCCC)B(Cl)Cl. The van der Waals surface area contributed by atoms with E-state index >= 15 is 0 Å². The summed E-state index contributed by atoms with van der Waals surface area (Å²) in [6.45, 7) is 4.37. The molecule has 0 rings (SSSR count). The summed E-state index contributed by atoms with van der Waals surface area (Å²) in [7, 11) is 0. The molecule has 0 atom stereocenters. The molecule has 0 aromatic rings. The summed E-state index contributed by atoms with van der Waals surface area (Å²) in [5, 5.41) is 0. The first kappa shape index (κ1) is 13.4. The maximum Gasteiger partial charge on any atom is 0.378 e. The van der Waals surface area contributed by atoms with E-state index in [0.717, 1.165) is 12.8 Å². The zero-order valence-electron chi connectivity index (χ0n) is 8.65. The number of halogens is 2. The van der Waals surface area contributed by atoms with E-state index in [1.54, 1.807) is 0 Å². The molecule has 0 N–H and O–H groups in total. The largest absolute Gasteiger partial charge is 0.378 e. The summed E-state index contributed by atoms with van der Waals surface area (Å²) in [5.41, 5.74) is 0.905. The molecule has 13 heavy (non-hydrogen) atoms. The van der Waals surface area contributed by atoms with Crippen molar-refractivity contribution in [1.82, 2.24) is 0 Å². The second-order valence-corrected chi connectivity index (χ2v) is 4.42. The van der Waals surface area contributed by atoms with Gasteiger partial charge in [-0.2, -0.15) is 22.9 Å². The van der Waals surface area contributed by atoms with Crippen LogP contribution in [0.4, 0.5) is 0 Å². The van der Waals surface area contributed by atoms with Crippen LogP contribution in [0.15, 0.2) is 11.5 Å². The van der Waals surface area contributed by atoms with Crippen molar-refractivity contribution in [1.29, 1.82) is 0 Å². The molecule has 0 spiro atoms. The summed E-state index contributed by atoms with van der Waals surface area (Å²) in [6, 6.07) is 0. The van der Waals surface area contributed by atoms with E-state index in [1.165, 1.54) is 31.2 Å². The molecule has 0 amide bonds. The van der Waals surface area contributed by atoms with Crippen molar-refractivity contribution >= 4 is 28.5 Å². The molecule has 0 unspecified atom stereocenters. The third kappa shape index (κ3) is 7.46. The molecule has 0 fully saturated rings. The Bertz CT molecular complexity index is 144. The Labute approximate surface area is 92.6 Å². The summed E-state index contributed by atoms with van der Waals surface area (Å²) in [6.07, 6.45) is 9.23. The lowest BCUT2D eigenvalue weighted by Crippen LogP contribution is -2.00. The van der Waals surface area contributed by atoms with E-state index in [4.69, 9.17) is 22.9 Å². The number of rotatable bonds is 7. The molecule has 0 radical (unpaired) electrons. The lowest BCUT2D eigenvalue weighted by atomic mass is 9.86. The van der Waals surface area contributed by atoms with Crippen LogP contribution in [0.25, 0.3) is 0 Å². The molecule has 0 saturated heterocycles. The van der Waals surface area contributed by atoms with Gasteiger partial charge in [0.15, 0.2) is 0 Å². The minimum atomic E-state index is -0.302. The molecule has 0 aliphatic rings. The van der Waals surface area contributed by atoms with E-state index < -0.39 is 0 Å². The number of unbranched alkanes of at least 4 members (excludes halogenated alkanes) is 3. The first-order valence-electron chi connectivity index (χ1n) is 5.19. The Balaban J connectivity index is 3.84. The fourth-order valence-corrected chi connectivity index (χ4v) is 1.57. The van der Waals surface area contributed by atoms with Gasteiger partial charge in [-0.15, -0.1) is 0 Å². The van der Waals surface area contributed by atoms with Gasteiger partial charge in [0.05, 0.1) is 0 Å². The quantitative estimate of drug-likeness (QED) is 0.427. The van der Waals surface area contributed by atoms with Crippen molar-refractivity contribution < 1.29 is 0 Å². The molecule has 0 aromatic heterocycles. The van der Waals surface area contributed by atoms with Crippen molar-refractivity contribution in [3.05, 3.63) is 11.5 Å². The Morgan fingerprint density at radius 2 is 1.77 bits per heavy atom. The fourth-order valence-electron chi connectivity index (χ4n) is 1.17. The molecule has 76 valence electrons. The third-order valence-electron chi connectivity index (χ3n) is 2.06. The van der Waals surface area contributed by atoms with Gasteiger partial charge in [0.25, 0.3) is 0 Å². The molecule has 3 heteroatoms. The van der Waals surface area contributed by atoms with E-state index in [0.29, 0.717) is 0 Å². The Kier molecular flexibility index (Phi) is 9.23. The average molecular weight is 221 g/mol. The van der Waals surface area contributed by atoms with E-state index in [9.17, 15) is 0 Å². The average Bonchev–Trinajstić information content (AvgIpc) is 2.10. The minimum absolute atomic E-state index is 0.302. The summed E-state index contributed by atoms with van der Waals surface area (Å²) in [4.78, 5) is 0. The molecule has 0 aliphatic carbocycles. The summed E-state index contributed by atoms with van der Waals surface area (Å²) < 4.78 is 0. The van der Waals surface area contributed by atoms with Crippen molar-refractivity contribution in [2.45, 2.75) is 52.4 Å². The molecular formula is C10H19BCl2. The number of allylic oxidation sites excluding steroid dienone is 2. The van der Waals surface area contributed by atoms with Crippen LogP contribution in [0.2, 0.25) is 0 Å². The first-order chi connectivity index (χ1) is 6.22.